The summed E-state index contributed by atoms with van der Waals surface area (Å²) < 4.78 is 7.31. The smallest absolute Gasteiger partial charge is 0.410 e. The summed E-state index contributed by atoms with van der Waals surface area (Å²) >= 11 is 2.27. The maximum Gasteiger partial charge on any atom is 0.410 e. The molecule has 0 bridgehead atoms. The third kappa shape index (κ3) is 7.62. The van der Waals surface area contributed by atoms with Crippen molar-refractivity contribution in [3.05, 3.63) is 0 Å². The van der Waals surface area contributed by atoms with Crippen molar-refractivity contribution >= 4 is 34.9 Å². The van der Waals surface area contributed by atoms with Crippen LogP contribution in [-0.2, 0) is 9.53 Å². The van der Waals surface area contributed by atoms with Crippen LogP contribution in [0.1, 0.15) is 39.5 Å². The van der Waals surface area contributed by atoms with Gasteiger partial charge in [0.15, 0.2) is 0 Å². The van der Waals surface area contributed by atoms with Crippen molar-refractivity contribution < 1.29 is 14.3 Å². The lowest BCUT2D eigenvalue weighted by molar-refractivity contribution is -0.133. The standard InChI is InChI=1S/C15H28IN3O3/c1-13(2)22-15(21)19-11-9-18(10-12-19)14(20)7-5-4-6-8-17(3)16/h13H,4-12H2,1-3H3. The second-order valence-electron chi connectivity index (χ2n) is 5.94. The highest BCUT2D eigenvalue weighted by atomic mass is 127. The number of piperazine rings is 1. The van der Waals surface area contributed by atoms with Crippen molar-refractivity contribution in [1.82, 2.24) is 12.9 Å². The molecule has 0 spiro atoms. The van der Waals surface area contributed by atoms with Crippen LogP contribution in [0.25, 0.3) is 0 Å². The quantitative estimate of drug-likeness (QED) is 0.358. The molecule has 6 nitrogen and oxygen atoms in total. The van der Waals surface area contributed by atoms with Gasteiger partial charge in [-0.3, -0.25) is 7.91 Å². The molecule has 0 saturated carbocycles. The molecule has 1 fully saturated rings. The third-order valence-electron chi connectivity index (χ3n) is 3.58. The summed E-state index contributed by atoms with van der Waals surface area (Å²) in [7, 11) is 2.05. The molecule has 7 heteroatoms. The van der Waals surface area contributed by atoms with Gasteiger partial charge in [-0.15, -0.1) is 0 Å². The Labute approximate surface area is 147 Å². The van der Waals surface area contributed by atoms with Crippen molar-refractivity contribution in [3.63, 3.8) is 0 Å². The van der Waals surface area contributed by atoms with Gasteiger partial charge >= 0.3 is 6.09 Å². The number of amides is 2. The second-order valence-corrected chi connectivity index (χ2v) is 7.59. The fourth-order valence-electron chi connectivity index (χ4n) is 2.36. The summed E-state index contributed by atoms with van der Waals surface area (Å²) in [4.78, 5) is 27.5. The van der Waals surface area contributed by atoms with E-state index in [-0.39, 0.29) is 18.1 Å². The fourth-order valence-corrected chi connectivity index (χ4v) is 2.70. The molecule has 0 radical (unpaired) electrons. The van der Waals surface area contributed by atoms with E-state index in [0.29, 0.717) is 32.6 Å². The van der Waals surface area contributed by atoms with E-state index in [9.17, 15) is 9.59 Å². The molecule has 0 atom stereocenters. The maximum atomic E-state index is 12.1. The number of hydrogen-bond donors (Lipinski definition) is 0. The number of halogens is 1. The first kappa shape index (κ1) is 19.5. The highest BCUT2D eigenvalue weighted by molar-refractivity contribution is 14.1. The summed E-state index contributed by atoms with van der Waals surface area (Å²) in [6, 6.07) is 0. The van der Waals surface area contributed by atoms with Gasteiger partial charge in [-0.2, -0.15) is 0 Å². The zero-order chi connectivity index (χ0) is 16.5. The minimum absolute atomic E-state index is 0.103. The minimum atomic E-state index is -0.273. The first-order chi connectivity index (χ1) is 10.4. The van der Waals surface area contributed by atoms with E-state index in [0.717, 1.165) is 25.8 Å². The highest BCUT2D eigenvalue weighted by Crippen LogP contribution is 2.10. The van der Waals surface area contributed by atoms with Crippen LogP contribution >= 0.6 is 22.9 Å². The molecule has 0 aromatic carbocycles. The van der Waals surface area contributed by atoms with Gasteiger partial charge < -0.3 is 14.5 Å². The Kier molecular flexibility index (Phi) is 9.08. The largest absolute Gasteiger partial charge is 0.447 e. The van der Waals surface area contributed by atoms with E-state index in [4.69, 9.17) is 4.74 Å². The van der Waals surface area contributed by atoms with Gasteiger partial charge in [0.2, 0.25) is 5.91 Å². The molecule has 1 aliphatic rings. The molecule has 128 valence electrons. The molecule has 0 aromatic rings. The Balaban J connectivity index is 2.18. The van der Waals surface area contributed by atoms with Gasteiger partial charge in [-0.25, -0.2) is 4.79 Å². The van der Waals surface area contributed by atoms with Crippen LogP contribution < -0.4 is 0 Å². The number of hydrogen-bond acceptors (Lipinski definition) is 4. The van der Waals surface area contributed by atoms with Crippen molar-refractivity contribution in [1.29, 1.82) is 0 Å². The van der Waals surface area contributed by atoms with Crippen molar-refractivity contribution in [2.24, 2.45) is 0 Å². The molecular formula is C15H28IN3O3. The zero-order valence-electron chi connectivity index (χ0n) is 13.9. The maximum absolute atomic E-state index is 12.1. The van der Waals surface area contributed by atoms with E-state index in [2.05, 4.69) is 33.0 Å². The highest BCUT2D eigenvalue weighted by Gasteiger charge is 2.24. The van der Waals surface area contributed by atoms with Gasteiger partial charge in [0.25, 0.3) is 0 Å². The number of rotatable bonds is 7. The van der Waals surface area contributed by atoms with Crippen LogP contribution in [0.3, 0.4) is 0 Å². The minimum Gasteiger partial charge on any atom is -0.447 e. The number of carbonyl (C=O) groups excluding carboxylic acids is 2. The van der Waals surface area contributed by atoms with E-state index < -0.39 is 0 Å². The number of nitrogens with zero attached hydrogens (tertiary/aromatic N) is 3. The number of carbonyl (C=O) groups is 2. The van der Waals surface area contributed by atoms with Crippen molar-refractivity contribution in [2.45, 2.75) is 45.6 Å². The van der Waals surface area contributed by atoms with Gasteiger partial charge in [-0.1, -0.05) is 6.42 Å². The van der Waals surface area contributed by atoms with Crippen LogP contribution in [-0.4, -0.2) is 70.8 Å². The van der Waals surface area contributed by atoms with Gasteiger partial charge in [0, 0.05) is 62.0 Å². The summed E-state index contributed by atoms with van der Waals surface area (Å²) in [5, 5.41) is 0. The van der Waals surface area contributed by atoms with Crippen LogP contribution in [0.15, 0.2) is 0 Å². The van der Waals surface area contributed by atoms with Crippen LogP contribution in [0.2, 0.25) is 0 Å². The Morgan fingerprint density at radius 2 is 1.68 bits per heavy atom. The molecular weight excluding hydrogens is 397 g/mol. The Morgan fingerprint density at radius 1 is 1.09 bits per heavy atom. The molecule has 0 N–H and O–H groups in total. The molecule has 1 saturated heterocycles. The third-order valence-corrected chi connectivity index (χ3v) is 4.07. The van der Waals surface area contributed by atoms with E-state index >= 15 is 0 Å². The zero-order valence-corrected chi connectivity index (χ0v) is 16.0. The predicted molar refractivity (Wildman–Crippen MR) is 94.9 cm³/mol. The van der Waals surface area contributed by atoms with E-state index in [1.807, 2.05) is 18.7 Å². The SMILES string of the molecule is CC(C)OC(=O)N1CCN(C(=O)CCCCCN(C)I)CC1. The lowest BCUT2D eigenvalue weighted by atomic mass is 10.1. The molecule has 1 aliphatic heterocycles. The lowest BCUT2D eigenvalue weighted by Crippen LogP contribution is -2.51. The van der Waals surface area contributed by atoms with Gasteiger partial charge in [0.1, 0.15) is 0 Å². The molecule has 1 heterocycles. The Hall–Kier alpha value is -0.570. The summed E-state index contributed by atoms with van der Waals surface area (Å²) in [5.41, 5.74) is 0. The average Bonchev–Trinajstić information content (AvgIpc) is 2.45. The van der Waals surface area contributed by atoms with Crippen LogP contribution in [0.4, 0.5) is 4.79 Å². The normalized spacial score (nSPS) is 15.5. The predicted octanol–water partition coefficient (Wildman–Crippen LogP) is 2.52. The van der Waals surface area contributed by atoms with Gasteiger partial charge in [0.05, 0.1) is 6.10 Å². The molecule has 2 amide bonds. The average molecular weight is 425 g/mol. The fraction of sp³-hybridized carbons (Fsp3) is 0.867. The van der Waals surface area contributed by atoms with Crippen molar-refractivity contribution in [2.75, 3.05) is 39.8 Å². The monoisotopic (exact) mass is 425 g/mol. The lowest BCUT2D eigenvalue weighted by Gasteiger charge is -2.34. The number of ether oxygens (including phenoxy) is 1. The summed E-state index contributed by atoms with van der Waals surface area (Å²) in [6.07, 6.45) is 3.39. The molecule has 1 rings (SSSR count). The molecule has 0 aromatic heterocycles. The molecule has 22 heavy (non-hydrogen) atoms. The second kappa shape index (κ2) is 10.3. The molecule has 0 unspecified atom stereocenters. The Morgan fingerprint density at radius 3 is 2.23 bits per heavy atom. The first-order valence-corrected chi connectivity index (χ1v) is 8.97. The molecule has 0 aliphatic carbocycles. The van der Waals surface area contributed by atoms with Gasteiger partial charge in [-0.05, 0) is 33.7 Å². The van der Waals surface area contributed by atoms with Crippen molar-refractivity contribution in [3.8, 4) is 0 Å². The summed E-state index contributed by atoms with van der Waals surface area (Å²) in [6.45, 7) is 7.10. The summed E-state index contributed by atoms with van der Waals surface area (Å²) in [5.74, 6) is 0.208. The topological polar surface area (TPSA) is 53.1 Å². The van der Waals surface area contributed by atoms with Crippen LogP contribution in [0.5, 0.6) is 0 Å². The first-order valence-electron chi connectivity index (χ1n) is 8.00. The van der Waals surface area contributed by atoms with E-state index in [1.54, 1.807) is 4.90 Å². The Bertz CT molecular complexity index is 356. The number of unbranched alkanes of at least 4 members (excludes halogenated alkanes) is 2. The van der Waals surface area contributed by atoms with E-state index in [1.165, 1.54) is 0 Å². The van der Waals surface area contributed by atoms with Crippen LogP contribution in [0, 0.1) is 0 Å².